The van der Waals surface area contributed by atoms with Crippen LogP contribution in [0.3, 0.4) is 0 Å². The fourth-order valence-electron chi connectivity index (χ4n) is 2.43. The summed E-state index contributed by atoms with van der Waals surface area (Å²) < 4.78 is 0. The molecule has 1 atom stereocenters. The predicted molar refractivity (Wildman–Crippen MR) is 80.8 cm³/mol. The van der Waals surface area contributed by atoms with Gasteiger partial charge in [0.15, 0.2) is 0 Å². The number of rotatable bonds is 2. The Morgan fingerprint density at radius 3 is 2.21 bits per heavy atom. The van der Waals surface area contributed by atoms with E-state index in [1.54, 1.807) is 0 Å². The van der Waals surface area contributed by atoms with Crippen molar-refractivity contribution in [2.45, 2.75) is 33.3 Å². The van der Waals surface area contributed by atoms with E-state index in [2.05, 4.69) is 26.0 Å². The summed E-state index contributed by atoms with van der Waals surface area (Å²) in [6, 6.07) is 11.6. The number of halogens is 1. The van der Waals surface area contributed by atoms with Gasteiger partial charge in [-0.2, -0.15) is 0 Å². The lowest BCUT2D eigenvalue weighted by Crippen LogP contribution is -2.24. The molecule has 0 fully saturated rings. The normalized spacial score (nSPS) is 14.2. The molecule has 0 saturated carbocycles. The van der Waals surface area contributed by atoms with Gasteiger partial charge in [-0.1, -0.05) is 35.9 Å². The summed E-state index contributed by atoms with van der Waals surface area (Å²) in [6.07, 6.45) is 0. The first-order valence-corrected chi connectivity index (χ1v) is 6.77. The van der Waals surface area contributed by atoms with Gasteiger partial charge >= 0.3 is 0 Å². The van der Waals surface area contributed by atoms with E-state index in [4.69, 9.17) is 11.6 Å². The van der Waals surface area contributed by atoms with E-state index in [1.807, 2.05) is 38.1 Å². The van der Waals surface area contributed by atoms with Gasteiger partial charge in [0.2, 0.25) is 0 Å². The topological polar surface area (TPSA) is 20.2 Å². The predicted octanol–water partition coefficient (Wildman–Crippen LogP) is 4.52. The van der Waals surface area contributed by atoms with Gasteiger partial charge in [-0.15, -0.1) is 0 Å². The van der Waals surface area contributed by atoms with E-state index in [1.165, 1.54) is 11.1 Å². The fourth-order valence-corrected chi connectivity index (χ4v) is 2.62. The second-order valence-corrected chi connectivity index (χ2v) is 5.77. The number of hydrogen-bond donors (Lipinski definition) is 1. The van der Waals surface area contributed by atoms with Gasteiger partial charge in [-0.05, 0) is 67.6 Å². The highest BCUT2D eigenvalue weighted by molar-refractivity contribution is 6.30. The van der Waals surface area contributed by atoms with E-state index in [0.717, 1.165) is 16.7 Å². The Hall–Kier alpha value is -1.31. The van der Waals surface area contributed by atoms with Crippen LogP contribution in [0.1, 0.15) is 34.7 Å². The molecule has 1 unspecified atom stereocenters. The minimum Gasteiger partial charge on any atom is -0.381 e. The van der Waals surface area contributed by atoms with Crippen LogP contribution in [-0.2, 0) is 5.60 Å². The molecule has 0 spiro atoms. The zero-order valence-corrected chi connectivity index (χ0v) is 12.5. The van der Waals surface area contributed by atoms with Crippen molar-refractivity contribution in [2.75, 3.05) is 0 Å². The average Bonchev–Trinajstić information content (AvgIpc) is 2.33. The molecule has 1 N–H and O–H groups in total. The maximum absolute atomic E-state index is 10.9. The monoisotopic (exact) mass is 274 g/mol. The molecule has 0 aliphatic rings. The molecule has 0 aliphatic carbocycles. The van der Waals surface area contributed by atoms with E-state index in [-0.39, 0.29) is 0 Å². The van der Waals surface area contributed by atoms with Crippen LogP contribution < -0.4 is 0 Å². The highest BCUT2D eigenvalue weighted by Gasteiger charge is 2.27. The van der Waals surface area contributed by atoms with E-state index >= 15 is 0 Å². The molecule has 2 heteroatoms. The lowest BCUT2D eigenvalue weighted by Gasteiger charge is -2.27. The third kappa shape index (κ3) is 2.68. The first-order valence-electron chi connectivity index (χ1n) is 6.39. The Kier molecular flexibility index (Phi) is 3.71. The quantitative estimate of drug-likeness (QED) is 0.854. The molecule has 19 heavy (non-hydrogen) atoms. The van der Waals surface area contributed by atoms with E-state index < -0.39 is 5.60 Å². The lowest BCUT2D eigenvalue weighted by molar-refractivity contribution is 0.101. The van der Waals surface area contributed by atoms with Gasteiger partial charge in [0.05, 0.1) is 0 Å². The molecule has 0 radical (unpaired) electrons. The van der Waals surface area contributed by atoms with Crippen molar-refractivity contribution in [3.8, 4) is 0 Å². The summed E-state index contributed by atoms with van der Waals surface area (Å²) in [5, 5.41) is 11.6. The number of hydrogen-bond acceptors (Lipinski definition) is 1. The summed E-state index contributed by atoms with van der Waals surface area (Å²) >= 11 is 6.02. The SMILES string of the molecule is Cc1cc(C)c(C(C)(O)c2cccc(Cl)c2)cc1C. The molecule has 0 heterocycles. The molecule has 0 saturated heterocycles. The van der Waals surface area contributed by atoms with Crippen LogP contribution in [0.25, 0.3) is 0 Å². The third-order valence-electron chi connectivity index (χ3n) is 3.75. The summed E-state index contributed by atoms with van der Waals surface area (Å²) in [5.74, 6) is 0. The standard InChI is InChI=1S/C17H19ClO/c1-11-8-13(3)16(9-12(11)2)17(4,19)14-6-5-7-15(18)10-14/h5-10,19H,1-4H3. The van der Waals surface area contributed by atoms with Gasteiger partial charge < -0.3 is 5.11 Å². The van der Waals surface area contributed by atoms with Crippen LogP contribution in [0.5, 0.6) is 0 Å². The molecule has 0 aliphatic heterocycles. The van der Waals surface area contributed by atoms with E-state index in [0.29, 0.717) is 5.02 Å². The van der Waals surface area contributed by atoms with Crippen molar-refractivity contribution in [1.29, 1.82) is 0 Å². The van der Waals surface area contributed by atoms with Gasteiger partial charge in [-0.3, -0.25) is 0 Å². The Labute approximate surface area is 119 Å². The minimum absolute atomic E-state index is 0.638. The molecule has 0 aromatic heterocycles. The molecule has 2 rings (SSSR count). The summed E-state index contributed by atoms with van der Waals surface area (Å²) in [4.78, 5) is 0. The highest BCUT2D eigenvalue weighted by Crippen LogP contribution is 2.33. The molecule has 2 aromatic carbocycles. The van der Waals surface area contributed by atoms with Gasteiger partial charge in [0, 0.05) is 5.02 Å². The number of benzene rings is 2. The third-order valence-corrected chi connectivity index (χ3v) is 3.99. The second kappa shape index (κ2) is 4.99. The first kappa shape index (κ1) is 14.1. The van der Waals surface area contributed by atoms with Crippen LogP contribution in [0, 0.1) is 20.8 Å². The zero-order valence-electron chi connectivity index (χ0n) is 11.8. The van der Waals surface area contributed by atoms with Crippen molar-refractivity contribution in [3.63, 3.8) is 0 Å². The van der Waals surface area contributed by atoms with Gasteiger partial charge in [0.1, 0.15) is 5.60 Å². The van der Waals surface area contributed by atoms with Crippen LogP contribution in [0.2, 0.25) is 5.02 Å². The molecule has 100 valence electrons. The summed E-state index contributed by atoms with van der Waals surface area (Å²) in [5.41, 5.74) is 4.22. The van der Waals surface area contributed by atoms with Gasteiger partial charge in [0.25, 0.3) is 0 Å². The second-order valence-electron chi connectivity index (χ2n) is 5.33. The Balaban J connectivity index is 2.59. The molecule has 0 amide bonds. The maximum Gasteiger partial charge on any atom is 0.112 e. The minimum atomic E-state index is -1.03. The summed E-state index contributed by atoms with van der Waals surface area (Å²) in [6.45, 7) is 7.99. The molecule has 2 aromatic rings. The van der Waals surface area contributed by atoms with Crippen molar-refractivity contribution in [1.82, 2.24) is 0 Å². The fraction of sp³-hybridized carbons (Fsp3) is 0.294. The molecular weight excluding hydrogens is 256 g/mol. The van der Waals surface area contributed by atoms with E-state index in [9.17, 15) is 5.11 Å². The first-order chi connectivity index (χ1) is 8.82. The largest absolute Gasteiger partial charge is 0.381 e. The summed E-state index contributed by atoms with van der Waals surface area (Å²) in [7, 11) is 0. The van der Waals surface area contributed by atoms with Crippen molar-refractivity contribution in [2.24, 2.45) is 0 Å². The molecule has 0 bridgehead atoms. The van der Waals surface area contributed by atoms with Crippen LogP contribution >= 0.6 is 11.6 Å². The highest BCUT2D eigenvalue weighted by atomic mass is 35.5. The van der Waals surface area contributed by atoms with Crippen LogP contribution in [-0.4, -0.2) is 5.11 Å². The average molecular weight is 275 g/mol. The van der Waals surface area contributed by atoms with Crippen molar-refractivity contribution >= 4 is 11.6 Å². The van der Waals surface area contributed by atoms with Crippen LogP contribution in [0.15, 0.2) is 36.4 Å². The van der Waals surface area contributed by atoms with Crippen molar-refractivity contribution < 1.29 is 5.11 Å². The number of aryl methyl sites for hydroxylation is 3. The number of aliphatic hydroxyl groups is 1. The zero-order chi connectivity index (χ0) is 14.2. The van der Waals surface area contributed by atoms with Crippen molar-refractivity contribution in [3.05, 3.63) is 69.2 Å². The lowest BCUT2D eigenvalue weighted by atomic mass is 9.84. The Morgan fingerprint density at radius 1 is 0.947 bits per heavy atom. The van der Waals surface area contributed by atoms with Gasteiger partial charge in [-0.25, -0.2) is 0 Å². The Morgan fingerprint density at radius 2 is 1.58 bits per heavy atom. The molecule has 1 nitrogen and oxygen atoms in total. The maximum atomic E-state index is 10.9. The smallest absolute Gasteiger partial charge is 0.112 e. The Bertz CT molecular complexity index is 615. The molecular formula is C17H19ClO. The van der Waals surface area contributed by atoms with Crippen LogP contribution in [0.4, 0.5) is 0 Å².